The maximum atomic E-state index is 12.9. The number of rotatable bonds is 7. The quantitative estimate of drug-likeness (QED) is 0.593. The van der Waals surface area contributed by atoms with Crippen molar-refractivity contribution in [1.29, 1.82) is 0 Å². The average molecular weight is 455 g/mol. The van der Waals surface area contributed by atoms with Crippen molar-refractivity contribution >= 4 is 15.9 Å². The summed E-state index contributed by atoms with van der Waals surface area (Å²) < 4.78 is 28.5. The third kappa shape index (κ3) is 4.76. The molecule has 0 radical (unpaired) electrons. The molecule has 170 valence electrons. The van der Waals surface area contributed by atoms with Gasteiger partial charge in [-0.1, -0.05) is 30.3 Å². The molecule has 0 saturated heterocycles. The SMILES string of the molecule is Cc1cc(C(=O)NCc2c(C)nn(Cc3ccccc3)c2C)cc(S(=O)(=O)N(C)C)c1C. The van der Waals surface area contributed by atoms with Gasteiger partial charge in [-0.25, -0.2) is 12.7 Å². The van der Waals surface area contributed by atoms with Gasteiger partial charge in [0.05, 0.1) is 17.1 Å². The largest absolute Gasteiger partial charge is 0.348 e. The van der Waals surface area contributed by atoms with Crippen molar-refractivity contribution < 1.29 is 13.2 Å². The van der Waals surface area contributed by atoms with Crippen molar-refractivity contribution in [3.05, 3.63) is 81.7 Å². The van der Waals surface area contributed by atoms with Crippen LogP contribution in [0.25, 0.3) is 0 Å². The second kappa shape index (κ2) is 9.26. The highest BCUT2D eigenvalue weighted by molar-refractivity contribution is 7.89. The molecule has 32 heavy (non-hydrogen) atoms. The smallest absolute Gasteiger partial charge is 0.251 e. The lowest BCUT2D eigenvalue weighted by atomic mass is 10.1. The Balaban J connectivity index is 1.82. The number of hydrogen-bond acceptors (Lipinski definition) is 4. The van der Waals surface area contributed by atoms with E-state index in [1.807, 2.05) is 43.7 Å². The zero-order valence-corrected chi connectivity index (χ0v) is 20.2. The lowest BCUT2D eigenvalue weighted by molar-refractivity contribution is 0.0950. The number of carbonyl (C=O) groups is 1. The Hall–Kier alpha value is -2.97. The highest BCUT2D eigenvalue weighted by Gasteiger charge is 2.23. The van der Waals surface area contributed by atoms with Crippen LogP contribution < -0.4 is 5.32 Å². The van der Waals surface area contributed by atoms with Crippen LogP contribution in [0, 0.1) is 27.7 Å². The lowest BCUT2D eigenvalue weighted by Gasteiger charge is -2.16. The molecule has 8 heteroatoms. The number of aromatic nitrogens is 2. The van der Waals surface area contributed by atoms with E-state index < -0.39 is 10.0 Å². The number of benzene rings is 2. The number of hydrogen-bond donors (Lipinski definition) is 1. The third-order valence-corrected chi connectivity index (χ3v) is 7.71. The van der Waals surface area contributed by atoms with Crippen molar-refractivity contribution in [3.8, 4) is 0 Å². The molecule has 1 aromatic heterocycles. The molecule has 1 N–H and O–H groups in total. The van der Waals surface area contributed by atoms with Crippen LogP contribution in [0.1, 0.15) is 44.0 Å². The molecule has 0 atom stereocenters. The van der Waals surface area contributed by atoms with Crippen molar-refractivity contribution in [2.24, 2.45) is 0 Å². The van der Waals surface area contributed by atoms with Crippen LogP contribution in [0.5, 0.6) is 0 Å². The summed E-state index contributed by atoms with van der Waals surface area (Å²) in [5.41, 5.74) is 5.67. The Bertz CT molecular complexity index is 1250. The van der Waals surface area contributed by atoms with Gasteiger partial charge in [0.15, 0.2) is 0 Å². The van der Waals surface area contributed by atoms with Gasteiger partial charge in [-0.05, 0) is 56.5 Å². The molecule has 0 aliphatic rings. The van der Waals surface area contributed by atoms with Crippen molar-refractivity contribution in [1.82, 2.24) is 19.4 Å². The summed E-state index contributed by atoms with van der Waals surface area (Å²) in [6.45, 7) is 8.44. The Morgan fingerprint density at radius 3 is 2.34 bits per heavy atom. The van der Waals surface area contributed by atoms with Crippen molar-refractivity contribution in [3.63, 3.8) is 0 Å². The van der Waals surface area contributed by atoms with Gasteiger partial charge in [0, 0.05) is 37.5 Å². The summed E-state index contributed by atoms with van der Waals surface area (Å²) in [6.07, 6.45) is 0. The minimum Gasteiger partial charge on any atom is -0.348 e. The topological polar surface area (TPSA) is 84.3 Å². The van der Waals surface area contributed by atoms with Crippen LogP contribution in [0.4, 0.5) is 0 Å². The lowest BCUT2D eigenvalue weighted by Crippen LogP contribution is -2.26. The molecule has 0 aliphatic carbocycles. The Morgan fingerprint density at radius 1 is 1.06 bits per heavy atom. The maximum absolute atomic E-state index is 12.9. The van der Waals surface area contributed by atoms with Crippen LogP contribution in [0.3, 0.4) is 0 Å². The predicted molar refractivity (Wildman–Crippen MR) is 125 cm³/mol. The van der Waals surface area contributed by atoms with E-state index in [1.54, 1.807) is 13.0 Å². The highest BCUT2D eigenvalue weighted by atomic mass is 32.2. The van der Waals surface area contributed by atoms with Crippen LogP contribution in [0.15, 0.2) is 47.4 Å². The van der Waals surface area contributed by atoms with E-state index in [1.165, 1.54) is 20.2 Å². The van der Waals surface area contributed by atoms with E-state index in [0.717, 1.165) is 32.4 Å². The summed E-state index contributed by atoms with van der Waals surface area (Å²) >= 11 is 0. The van der Waals surface area contributed by atoms with E-state index >= 15 is 0 Å². The summed E-state index contributed by atoms with van der Waals surface area (Å²) in [5.74, 6) is -0.321. The first-order chi connectivity index (χ1) is 15.0. The molecule has 0 spiro atoms. The third-order valence-electron chi connectivity index (χ3n) is 5.77. The van der Waals surface area contributed by atoms with Gasteiger partial charge >= 0.3 is 0 Å². The Labute approximate surface area is 190 Å². The van der Waals surface area contributed by atoms with Gasteiger partial charge in [-0.2, -0.15) is 5.10 Å². The first-order valence-corrected chi connectivity index (χ1v) is 11.8. The van der Waals surface area contributed by atoms with E-state index in [4.69, 9.17) is 0 Å². The van der Waals surface area contributed by atoms with E-state index in [9.17, 15) is 13.2 Å². The van der Waals surface area contributed by atoms with Gasteiger partial charge in [-0.3, -0.25) is 9.48 Å². The van der Waals surface area contributed by atoms with E-state index in [-0.39, 0.29) is 10.8 Å². The zero-order chi connectivity index (χ0) is 23.6. The van der Waals surface area contributed by atoms with Gasteiger partial charge in [0.1, 0.15) is 0 Å². The first kappa shape index (κ1) is 23.7. The Kier molecular flexibility index (Phi) is 6.85. The average Bonchev–Trinajstić information content (AvgIpc) is 3.01. The number of nitrogens with one attached hydrogen (secondary N) is 1. The number of carbonyl (C=O) groups excluding carboxylic acids is 1. The van der Waals surface area contributed by atoms with Crippen molar-refractivity contribution in [2.75, 3.05) is 14.1 Å². The van der Waals surface area contributed by atoms with Gasteiger partial charge in [0.25, 0.3) is 5.91 Å². The fourth-order valence-electron chi connectivity index (χ4n) is 3.59. The second-order valence-corrected chi connectivity index (χ2v) is 10.3. The molecule has 1 amide bonds. The monoisotopic (exact) mass is 454 g/mol. The standard InChI is InChI=1S/C24H30N4O3S/c1-16-12-21(13-23(17(16)2)32(30,31)27(5)6)24(29)25-14-22-18(3)26-28(19(22)4)15-20-10-8-7-9-11-20/h7-13H,14-15H2,1-6H3,(H,25,29). The molecular weight excluding hydrogens is 424 g/mol. The Morgan fingerprint density at radius 2 is 1.72 bits per heavy atom. The van der Waals surface area contributed by atoms with Crippen LogP contribution in [-0.4, -0.2) is 42.5 Å². The van der Waals surface area contributed by atoms with Gasteiger partial charge < -0.3 is 5.32 Å². The molecule has 1 heterocycles. The maximum Gasteiger partial charge on any atom is 0.251 e. The zero-order valence-electron chi connectivity index (χ0n) is 19.4. The minimum atomic E-state index is -3.65. The second-order valence-electron chi connectivity index (χ2n) is 8.18. The molecule has 0 aliphatic heterocycles. The summed E-state index contributed by atoms with van der Waals surface area (Å²) in [7, 11) is -0.690. The molecule has 3 aromatic rings. The van der Waals surface area contributed by atoms with E-state index in [0.29, 0.717) is 24.2 Å². The predicted octanol–water partition coefficient (Wildman–Crippen LogP) is 3.35. The highest BCUT2D eigenvalue weighted by Crippen LogP contribution is 2.23. The molecule has 0 unspecified atom stereocenters. The van der Waals surface area contributed by atoms with Gasteiger partial charge in [0.2, 0.25) is 10.0 Å². The molecule has 0 fully saturated rings. The summed E-state index contributed by atoms with van der Waals surface area (Å²) in [4.78, 5) is 13.1. The first-order valence-electron chi connectivity index (χ1n) is 10.4. The molecule has 0 bridgehead atoms. The fraction of sp³-hybridized carbons (Fsp3) is 0.333. The molecule has 3 rings (SSSR count). The molecule has 2 aromatic carbocycles. The summed E-state index contributed by atoms with van der Waals surface area (Å²) in [5, 5.41) is 7.56. The number of amides is 1. The normalized spacial score (nSPS) is 11.7. The number of sulfonamides is 1. The van der Waals surface area contributed by atoms with Crippen LogP contribution in [-0.2, 0) is 23.1 Å². The fourth-order valence-corrected chi connectivity index (χ4v) is 4.81. The van der Waals surface area contributed by atoms with Crippen molar-refractivity contribution in [2.45, 2.75) is 45.7 Å². The summed E-state index contributed by atoms with van der Waals surface area (Å²) in [6, 6.07) is 13.2. The van der Waals surface area contributed by atoms with Crippen LogP contribution >= 0.6 is 0 Å². The number of nitrogens with zero attached hydrogens (tertiary/aromatic N) is 3. The number of aryl methyl sites for hydroxylation is 2. The van der Waals surface area contributed by atoms with E-state index in [2.05, 4.69) is 22.5 Å². The molecule has 0 saturated carbocycles. The van der Waals surface area contributed by atoms with Gasteiger partial charge in [-0.15, -0.1) is 0 Å². The molecular formula is C24H30N4O3S. The minimum absolute atomic E-state index is 0.149. The molecule has 7 nitrogen and oxygen atoms in total. The van der Waals surface area contributed by atoms with Crippen LogP contribution in [0.2, 0.25) is 0 Å².